The maximum atomic E-state index is 11.9. The monoisotopic (exact) mass is 386 g/mol. The smallest absolute Gasteiger partial charge is 0.433 e. The van der Waals surface area contributed by atoms with Gasteiger partial charge in [0.25, 0.3) is 5.69 Å². The van der Waals surface area contributed by atoms with Crippen LogP contribution in [0.1, 0.15) is 16.3 Å². The molecule has 0 spiro atoms. The second-order valence-corrected chi connectivity index (χ2v) is 6.18. The number of nitro benzene ring substituents is 1. The minimum atomic E-state index is -0.727. The number of hydrogen-bond donors (Lipinski definition) is 0. The van der Waals surface area contributed by atoms with Crippen molar-refractivity contribution >= 4 is 35.2 Å². The summed E-state index contributed by atoms with van der Waals surface area (Å²) in [6.07, 6.45) is 2.60. The summed E-state index contributed by atoms with van der Waals surface area (Å²) in [6.45, 7) is 0. The Bertz CT molecular complexity index is 1030. The van der Waals surface area contributed by atoms with Crippen molar-refractivity contribution in [1.29, 1.82) is 0 Å². The minimum Gasteiger partial charge on any atom is -0.450 e. The summed E-state index contributed by atoms with van der Waals surface area (Å²) < 4.78 is 10.4. The molecular formula is C17H10N2O7S. The van der Waals surface area contributed by atoms with Gasteiger partial charge < -0.3 is 8.83 Å². The van der Waals surface area contributed by atoms with Crippen molar-refractivity contribution in [3.05, 3.63) is 86.4 Å². The van der Waals surface area contributed by atoms with Gasteiger partial charge >= 0.3 is 5.88 Å². The molecule has 0 saturated heterocycles. The van der Waals surface area contributed by atoms with Crippen molar-refractivity contribution in [3.63, 3.8) is 0 Å². The molecule has 0 aliphatic carbocycles. The van der Waals surface area contributed by atoms with Gasteiger partial charge in [0.1, 0.15) is 10.7 Å². The summed E-state index contributed by atoms with van der Waals surface area (Å²) in [5, 5.41) is 21.7. The number of nitro groups is 2. The third-order valence-electron chi connectivity index (χ3n) is 3.28. The molecule has 3 rings (SSSR count). The van der Waals surface area contributed by atoms with E-state index >= 15 is 0 Å². The Labute approximate surface area is 155 Å². The van der Waals surface area contributed by atoms with Gasteiger partial charge in [-0.25, -0.2) is 0 Å². The number of non-ortho nitro benzene ring substituents is 1. The van der Waals surface area contributed by atoms with Gasteiger partial charge in [0.05, 0.1) is 11.0 Å². The van der Waals surface area contributed by atoms with Crippen LogP contribution in [0.25, 0.3) is 6.08 Å². The standard InChI is InChI=1S/C17H10N2O7S/c20-14(15-8-9-16(26-15)19(23)24)7-3-12-4-10-17(25-12)27-13-5-1-11(2-6-13)18(21)22/h1-10H/b7-3+. The highest BCUT2D eigenvalue weighted by Gasteiger charge is 2.15. The molecule has 0 N–H and O–H groups in total. The first-order chi connectivity index (χ1) is 12.9. The van der Waals surface area contributed by atoms with Gasteiger partial charge in [0, 0.05) is 17.0 Å². The maximum absolute atomic E-state index is 11.9. The SMILES string of the molecule is O=C(/C=C/c1ccc(Sc2ccc([N+](=O)[O-])cc2)o1)c1ccc([N+](=O)[O-])o1. The lowest BCUT2D eigenvalue weighted by Gasteiger charge is -1.97. The van der Waals surface area contributed by atoms with E-state index in [2.05, 4.69) is 0 Å². The summed E-state index contributed by atoms with van der Waals surface area (Å²) >= 11 is 1.26. The van der Waals surface area contributed by atoms with Crippen molar-refractivity contribution in [3.8, 4) is 0 Å². The predicted molar refractivity (Wildman–Crippen MR) is 94.7 cm³/mol. The van der Waals surface area contributed by atoms with Gasteiger partial charge in [-0.15, -0.1) is 0 Å². The van der Waals surface area contributed by atoms with E-state index in [0.717, 1.165) is 11.0 Å². The Balaban J connectivity index is 1.64. The molecule has 0 bridgehead atoms. The number of benzene rings is 1. The molecule has 0 atom stereocenters. The molecule has 0 aliphatic heterocycles. The van der Waals surface area contributed by atoms with Crippen molar-refractivity contribution in [2.75, 3.05) is 0 Å². The van der Waals surface area contributed by atoms with Gasteiger partial charge in [-0.3, -0.25) is 25.0 Å². The number of nitrogens with zero attached hydrogens (tertiary/aromatic N) is 2. The number of rotatable bonds is 7. The highest BCUT2D eigenvalue weighted by molar-refractivity contribution is 7.99. The molecule has 0 radical (unpaired) electrons. The fourth-order valence-corrected chi connectivity index (χ4v) is 2.81. The van der Waals surface area contributed by atoms with Gasteiger partial charge in [-0.2, -0.15) is 0 Å². The van der Waals surface area contributed by atoms with Crippen molar-refractivity contribution in [2.45, 2.75) is 9.99 Å². The fraction of sp³-hybridized carbons (Fsp3) is 0. The van der Waals surface area contributed by atoms with E-state index < -0.39 is 21.5 Å². The van der Waals surface area contributed by atoms with Crippen LogP contribution in [0.3, 0.4) is 0 Å². The van der Waals surface area contributed by atoms with Crippen LogP contribution in [0.4, 0.5) is 11.6 Å². The van der Waals surface area contributed by atoms with E-state index in [1.54, 1.807) is 24.3 Å². The normalized spacial score (nSPS) is 11.0. The van der Waals surface area contributed by atoms with E-state index in [0.29, 0.717) is 10.9 Å². The highest BCUT2D eigenvalue weighted by atomic mass is 32.2. The van der Waals surface area contributed by atoms with Crippen LogP contribution in [0.2, 0.25) is 0 Å². The summed E-state index contributed by atoms with van der Waals surface area (Å²) in [6, 6.07) is 11.7. The van der Waals surface area contributed by atoms with Gasteiger partial charge in [-0.05, 0) is 42.5 Å². The Morgan fingerprint density at radius 3 is 2.30 bits per heavy atom. The Morgan fingerprint density at radius 1 is 0.926 bits per heavy atom. The van der Waals surface area contributed by atoms with E-state index in [4.69, 9.17) is 8.83 Å². The Hall–Kier alpha value is -3.66. The predicted octanol–water partition coefficient (Wildman–Crippen LogP) is 4.74. The van der Waals surface area contributed by atoms with Crippen LogP contribution in [0, 0.1) is 20.2 Å². The topological polar surface area (TPSA) is 130 Å². The number of allylic oxidation sites excluding steroid dienone is 1. The molecule has 2 heterocycles. The number of carbonyl (C=O) groups excluding carboxylic acids is 1. The van der Waals surface area contributed by atoms with Crippen molar-refractivity contribution < 1.29 is 23.5 Å². The lowest BCUT2D eigenvalue weighted by atomic mass is 10.2. The zero-order chi connectivity index (χ0) is 19.4. The minimum absolute atomic E-state index is 0.000840. The molecule has 1 aromatic carbocycles. The van der Waals surface area contributed by atoms with Crippen LogP contribution >= 0.6 is 11.8 Å². The van der Waals surface area contributed by atoms with E-state index in [1.165, 1.54) is 42.1 Å². The van der Waals surface area contributed by atoms with E-state index in [-0.39, 0.29) is 11.4 Å². The molecule has 3 aromatic rings. The second-order valence-electron chi connectivity index (χ2n) is 5.10. The Kier molecular flexibility index (Phi) is 5.18. The molecule has 0 saturated carbocycles. The third-order valence-corrected chi connectivity index (χ3v) is 4.21. The van der Waals surface area contributed by atoms with Gasteiger partial charge in [0.15, 0.2) is 10.9 Å². The summed E-state index contributed by atoms with van der Waals surface area (Å²) in [7, 11) is 0. The average Bonchev–Trinajstić information content (AvgIpc) is 3.30. The summed E-state index contributed by atoms with van der Waals surface area (Å²) in [4.78, 5) is 32.7. The Morgan fingerprint density at radius 2 is 1.67 bits per heavy atom. The molecule has 0 fully saturated rings. The molecule has 27 heavy (non-hydrogen) atoms. The first-order valence-corrected chi connectivity index (χ1v) is 8.23. The largest absolute Gasteiger partial charge is 0.450 e. The molecule has 0 aliphatic rings. The third kappa shape index (κ3) is 4.50. The van der Waals surface area contributed by atoms with Crippen LogP contribution in [-0.2, 0) is 0 Å². The summed E-state index contributed by atoms with van der Waals surface area (Å²) in [5.74, 6) is -0.797. The van der Waals surface area contributed by atoms with Crippen molar-refractivity contribution in [2.24, 2.45) is 0 Å². The molecule has 136 valence electrons. The molecule has 0 unspecified atom stereocenters. The average molecular weight is 386 g/mol. The summed E-state index contributed by atoms with van der Waals surface area (Å²) in [5.41, 5.74) is -0.000840. The highest BCUT2D eigenvalue weighted by Crippen LogP contribution is 2.30. The number of ketones is 1. The van der Waals surface area contributed by atoms with E-state index in [1.807, 2.05) is 0 Å². The van der Waals surface area contributed by atoms with Gasteiger partial charge in [0.2, 0.25) is 5.78 Å². The quantitative estimate of drug-likeness (QED) is 0.246. The van der Waals surface area contributed by atoms with Crippen LogP contribution in [0.15, 0.2) is 73.4 Å². The fourth-order valence-electron chi connectivity index (χ4n) is 2.03. The first kappa shape index (κ1) is 18.1. The lowest BCUT2D eigenvalue weighted by Crippen LogP contribution is -1.90. The first-order valence-electron chi connectivity index (χ1n) is 7.41. The van der Waals surface area contributed by atoms with Crippen LogP contribution < -0.4 is 0 Å². The number of hydrogen-bond acceptors (Lipinski definition) is 8. The molecule has 2 aromatic heterocycles. The molecule has 9 nitrogen and oxygen atoms in total. The zero-order valence-corrected chi connectivity index (χ0v) is 14.3. The number of furan rings is 2. The maximum Gasteiger partial charge on any atom is 0.433 e. The molecule has 0 amide bonds. The second kappa shape index (κ2) is 7.70. The lowest BCUT2D eigenvalue weighted by molar-refractivity contribution is -0.402. The molecule has 10 heteroatoms. The number of carbonyl (C=O) groups is 1. The van der Waals surface area contributed by atoms with Crippen molar-refractivity contribution in [1.82, 2.24) is 0 Å². The zero-order valence-electron chi connectivity index (χ0n) is 13.4. The molecular weight excluding hydrogens is 376 g/mol. The van der Waals surface area contributed by atoms with Crippen LogP contribution in [-0.4, -0.2) is 15.6 Å². The van der Waals surface area contributed by atoms with E-state index in [9.17, 15) is 25.0 Å². The van der Waals surface area contributed by atoms with Crippen LogP contribution in [0.5, 0.6) is 0 Å². The van der Waals surface area contributed by atoms with Gasteiger partial charge in [-0.1, -0.05) is 11.8 Å².